The van der Waals surface area contributed by atoms with Gasteiger partial charge >= 0.3 is 0 Å². The lowest BCUT2D eigenvalue weighted by molar-refractivity contribution is -0.123. The highest BCUT2D eigenvalue weighted by Crippen LogP contribution is 2.28. The average Bonchev–Trinajstić information content (AvgIpc) is 2.78. The summed E-state index contributed by atoms with van der Waals surface area (Å²) in [5, 5.41) is 4.00. The molecule has 0 unspecified atom stereocenters. The number of hydrazone groups is 1. The molecule has 0 aromatic heterocycles. The quantitative estimate of drug-likeness (QED) is 0.413. The lowest BCUT2D eigenvalue weighted by Gasteiger charge is -2.11. The number of rotatable bonds is 9. The van der Waals surface area contributed by atoms with E-state index >= 15 is 0 Å². The molecule has 0 saturated heterocycles. The van der Waals surface area contributed by atoms with Crippen molar-refractivity contribution in [3.05, 3.63) is 89.0 Å². The summed E-state index contributed by atoms with van der Waals surface area (Å²) in [5.41, 5.74) is 6.28. The van der Waals surface area contributed by atoms with E-state index in [2.05, 4.69) is 10.5 Å². The number of benzene rings is 3. The van der Waals surface area contributed by atoms with Gasteiger partial charge in [0.2, 0.25) is 0 Å². The summed E-state index contributed by atoms with van der Waals surface area (Å²) in [5.74, 6) is 1.60. The van der Waals surface area contributed by atoms with E-state index < -0.39 is 0 Å². The highest BCUT2D eigenvalue weighted by molar-refractivity contribution is 5.83. The summed E-state index contributed by atoms with van der Waals surface area (Å²) in [6, 6.07) is 21.2. The second kappa shape index (κ2) is 10.8. The molecule has 6 nitrogen and oxygen atoms in total. The van der Waals surface area contributed by atoms with Crippen molar-refractivity contribution in [3.8, 4) is 17.2 Å². The molecule has 0 spiro atoms. The summed E-state index contributed by atoms with van der Waals surface area (Å²) in [6.45, 7) is 4.22. The lowest BCUT2D eigenvalue weighted by atomic mass is 10.1. The molecule has 0 aliphatic heterocycles. The fraction of sp³-hybridized carbons (Fsp3) is 0.200. The van der Waals surface area contributed by atoms with Crippen LogP contribution in [0.15, 0.2) is 71.8 Å². The zero-order valence-corrected chi connectivity index (χ0v) is 17.9. The van der Waals surface area contributed by atoms with Crippen LogP contribution in [0.1, 0.15) is 22.3 Å². The molecule has 0 aliphatic carbocycles. The van der Waals surface area contributed by atoms with E-state index in [-0.39, 0.29) is 12.5 Å². The van der Waals surface area contributed by atoms with Gasteiger partial charge in [-0.25, -0.2) is 5.43 Å². The van der Waals surface area contributed by atoms with Gasteiger partial charge in [-0.1, -0.05) is 48.5 Å². The Labute approximate surface area is 182 Å². The van der Waals surface area contributed by atoms with Crippen LogP contribution in [-0.2, 0) is 11.4 Å². The number of aryl methyl sites for hydroxylation is 2. The Hall–Kier alpha value is -3.80. The van der Waals surface area contributed by atoms with Crippen molar-refractivity contribution >= 4 is 12.1 Å². The molecule has 0 atom stereocenters. The molecular weight excluding hydrogens is 392 g/mol. The van der Waals surface area contributed by atoms with Crippen LogP contribution in [0.2, 0.25) is 0 Å². The van der Waals surface area contributed by atoms with Crippen LogP contribution in [0, 0.1) is 13.8 Å². The second-order valence-corrected chi connectivity index (χ2v) is 6.99. The number of nitrogens with zero attached hydrogens (tertiary/aromatic N) is 1. The highest BCUT2D eigenvalue weighted by Gasteiger charge is 2.08. The van der Waals surface area contributed by atoms with Crippen LogP contribution in [0.4, 0.5) is 0 Å². The number of ether oxygens (including phenoxy) is 3. The predicted molar refractivity (Wildman–Crippen MR) is 121 cm³/mol. The summed E-state index contributed by atoms with van der Waals surface area (Å²) in [7, 11) is 1.58. The number of carbonyl (C=O) groups is 1. The van der Waals surface area contributed by atoms with E-state index in [1.165, 1.54) is 0 Å². The molecule has 3 aromatic rings. The van der Waals surface area contributed by atoms with Gasteiger partial charge in [-0.05, 0) is 54.3 Å². The second-order valence-electron chi connectivity index (χ2n) is 6.99. The van der Waals surface area contributed by atoms with E-state index in [9.17, 15) is 4.79 Å². The first-order valence-electron chi connectivity index (χ1n) is 9.92. The Balaban J connectivity index is 1.53. The van der Waals surface area contributed by atoms with Crippen LogP contribution in [-0.4, -0.2) is 25.8 Å². The van der Waals surface area contributed by atoms with Gasteiger partial charge in [0.05, 0.1) is 13.3 Å². The first-order valence-corrected chi connectivity index (χ1v) is 9.92. The zero-order valence-electron chi connectivity index (χ0n) is 17.9. The summed E-state index contributed by atoms with van der Waals surface area (Å²) in [6.07, 6.45) is 1.54. The van der Waals surface area contributed by atoms with Crippen molar-refractivity contribution in [2.24, 2.45) is 5.10 Å². The van der Waals surface area contributed by atoms with Gasteiger partial charge in [-0.15, -0.1) is 0 Å². The first kappa shape index (κ1) is 21.9. The molecule has 0 bridgehead atoms. The molecule has 1 N–H and O–H groups in total. The van der Waals surface area contributed by atoms with Gasteiger partial charge in [0, 0.05) is 0 Å². The molecule has 0 saturated carbocycles. The van der Waals surface area contributed by atoms with E-state index in [1.54, 1.807) is 19.4 Å². The van der Waals surface area contributed by atoms with E-state index in [0.717, 1.165) is 28.0 Å². The highest BCUT2D eigenvalue weighted by atomic mass is 16.5. The zero-order chi connectivity index (χ0) is 22.1. The molecular formula is C25H26N2O4. The smallest absolute Gasteiger partial charge is 0.277 e. The van der Waals surface area contributed by atoms with Gasteiger partial charge in [0.15, 0.2) is 18.1 Å². The number of nitrogens with one attached hydrogen (secondary N) is 1. The van der Waals surface area contributed by atoms with Crippen LogP contribution < -0.4 is 19.6 Å². The van der Waals surface area contributed by atoms with Crippen LogP contribution >= 0.6 is 0 Å². The van der Waals surface area contributed by atoms with Crippen molar-refractivity contribution in [1.29, 1.82) is 0 Å². The maximum atomic E-state index is 12.0. The normalized spacial score (nSPS) is 10.7. The number of amides is 1. The Morgan fingerprint density at radius 2 is 1.68 bits per heavy atom. The predicted octanol–water partition coefficient (Wildman–Crippen LogP) is 4.42. The summed E-state index contributed by atoms with van der Waals surface area (Å²) < 4.78 is 16.9. The SMILES string of the molecule is COc1cc(/C=N/NC(=O)COc2c(C)cccc2C)ccc1OCc1ccccc1. The molecule has 0 radical (unpaired) electrons. The van der Waals surface area contributed by atoms with Gasteiger partial charge in [-0.2, -0.15) is 5.10 Å². The van der Waals surface area contributed by atoms with Crippen LogP contribution in [0.5, 0.6) is 17.2 Å². The van der Waals surface area contributed by atoms with Crippen molar-refractivity contribution < 1.29 is 19.0 Å². The third-order valence-electron chi connectivity index (χ3n) is 4.58. The Bertz CT molecular complexity index is 1030. The Kier molecular flexibility index (Phi) is 7.65. The monoisotopic (exact) mass is 418 g/mol. The van der Waals surface area contributed by atoms with Crippen LogP contribution in [0.25, 0.3) is 0 Å². The molecule has 1 amide bonds. The third kappa shape index (κ3) is 6.34. The van der Waals surface area contributed by atoms with E-state index in [0.29, 0.717) is 18.1 Å². The Morgan fingerprint density at radius 3 is 2.39 bits per heavy atom. The molecule has 3 aromatic carbocycles. The minimum atomic E-state index is -0.339. The molecule has 160 valence electrons. The number of carbonyl (C=O) groups excluding carboxylic acids is 1. The van der Waals surface area contributed by atoms with Crippen LogP contribution in [0.3, 0.4) is 0 Å². The average molecular weight is 418 g/mol. The van der Waals surface area contributed by atoms with Gasteiger partial charge in [0.1, 0.15) is 12.4 Å². The third-order valence-corrected chi connectivity index (χ3v) is 4.58. The number of hydrogen-bond donors (Lipinski definition) is 1. The number of para-hydroxylation sites is 1. The molecule has 0 heterocycles. The van der Waals surface area contributed by atoms with Crippen molar-refractivity contribution in [2.45, 2.75) is 20.5 Å². The molecule has 3 rings (SSSR count). The molecule has 0 fully saturated rings. The maximum absolute atomic E-state index is 12.0. The van der Waals surface area contributed by atoms with Crippen molar-refractivity contribution in [2.75, 3.05) is 13.7 Å². The van der Waals surface area contributed by atoms with Crippen molar-refractivity contribution in [1.82, 2.24) is 5.43 Å². The van der Waals surface area contributed by atoms with Gasteiger partial charge < -0.3 is 14.2 Å². The summed E-state index contributed by atoms with van der Waals surface area (Å²) >= 11 is 0. The largest absolute Gasteiger partial charge is 0.493 e. The fourth-order valence-electron chi connectivity index (χ4n) is 2.99. The van der Waals surface area contributed by atoms with Gasteiger partial charge in [-0.3, -0.25) is 4.79 Å². The van der Waals surface area contributed by atoms with E-state index in [1.807, 2.05) is 74.5 Å². The standard InChI is InChI=1S/C25H26N2O4/c1-18-8-7-9-19(2)25(18)31-17-24(28)27-26-15-21-12-13-22(23(14-21)29-3)30-16-20-10-5-4-6-11-20/h4-15H,16-17H2,1-3H3,(H,27,28)/b26-15+. The molecule has 31 heavy (non-hydrogen) atoms. The van der Waals surface area contributed by atoms with Crippen molar-refractivity contribution in [3.63, 3.8) is 0 Å². The molecule has 0 aliphatic rings. The first-order chi connectivity index (χ1) is 15.1. The molecule has 6 heteroatoms. The Morgan fingerprint density at radius 1 is 0.935 bits per heavy atom. The number of hydrogen-bond acceptors (Lipinski definition) is 5. The van der Waals surface area contributed by atoms with Gasteiger partial charge in [0.25, 0.3) is 5.91 Å². The topological polar surface area (TPSA) is 69.2 Å². The van der Waals surface area contributed by atoms with E-state index in [4.69, 9.17) is 14.2 Å². The lowest BCUT2D eigenvalue weighted by Crippen LogP contribution is -2.25. The fourth-order valence-corrected chi connectivity index (χ4v) is 2.99. The minimum Gasteiger partial charge on any atom is -0.493 e. The minimum absolute atomic E-state index is 0.112. The maximum Gasteiger partial charge on any atom is 0.277 e. The summed E-state index contributed by atoms with van der Waals surface area (Å²) in [4.78, 5) is 12.0. The number of methoxy groups -OCH3 is 1.